The van der Waals surface area contributed by atoms with E-state index in [0.717, 1.165) is 30.2 Å². The van der Waals surface area contributed by atoms with Crippen LogP contribution in [0, 0.1) is 0 Å². The first-order valence-corrected chi connectivity index (χ1v) is 8.80. The maximum absolute atomic E-state index is 12.3. The Morgan fingerprint density at radius 1 is 1.11 bits per heavy atom. The lowest BCUT2D eigenvalue weighted by molar-refractivity contribution is -0.116. The molecule has 0 radical (unpaired) electrons. The van der Waals surface area contributed by atoms with E-state index in [1.54, 1.807) is 29.4 Å². The molecule has 1 saturated heterocycles. The molecule has 1 aliphatic rings. The van der Waals surface area contributed by atoms with Gasteiger partial charge < -0.3 is 19.5 Å². The molecule has 8 heteroatoms. The number of nitrogens with one attached hydrogen (secondary N) is 1. The summed E-state index contributed by atoms with van der Waals surface area (Å²) in [6.07, 6.45) is 6.98. The van der Waals surface area contributed by atoms with Crippen molar-refractivity contribution in [3.05, 3.63) is 55.2 Å². The van der Waals surface area contributed by atoms with Crippen molar-refractivity contribution in [1.82, 2.24) is 19.5 Å². The maximum Gasteiger partial charge on any atom is 0.245 e. The highest BCUT2D eigenvalue weighted by Gasteiger charge is 2.14. The van der Waals surface area contributed by atoms with Crippen molar-refractivity contribution in [2.75, 3.05) is 36.5 Å². The monoisotopic (exact) mass is 364 g/mol. The molecule has 1 fully saturated rings. The van der Waals surface area contributed by atoms with Crippen molar-refractivity contribution in [3.8, 4) is 11.3 Å². The molecular weight excluding hydrogens is 344 g/mol. The number of nitrogens with zero attached hydrogens (tertiary/aromatic N) is 5. The molecule has 8 nitrogen and oxygen atoms in total. The van der Waals surface area contributed by atoms with Crippen molar-refractivity contribution in [2.24, 2.45) is 0 Å². The average Bonchev–Trinajstić information content (AvgIpc) is 3.18. The smallest absolute Gasteiger partial charge is 0.245 e. The number of ether oxygens (including phenoxy) is 1. The number of pyridine rings is 2. The Kier molecular flexibility index (Phi) is 5.06. The highest BCUT2D eigenvalue weighted by atomic mass is 16.5. The van der Waals surface area contributed by atoms with Crippen LogP contribution in [0.2, 0.25) is 0 Å². The van der Waals surface area contributed by atoms with Crippen LogP contribution in [0.1, 0.15) is 0 Å². The number of carbonyl (C=O) groups is 1. The van der Waals surface area contributed by atoms with E-state index in [2.05, 4.69) is 25.2 Å². The zero-order valence-corrected chi connectivity index (χ0v) is 14.8. The van der Waals surface area contributed by atoms with E-state index >= 15 is 0 Å². The topological polar surface area (TPSA) is 85.2 Å². The third kappa shape index (κ3) is 4.29. The van der Waals surface area contributed by atoms with E-state index in [0.29, 0.717) is 19.0 Å². The third-order valence-corrected chi connectivity index (χ3v) is 4.27. The first-order valence-electron chi connectivity index (χ1n) is 8.80. The van der Waals surface area contributed by atoms with Gasteiger partial charge in [-0.3, -0.25) is 9.78 Å². The van der Waals surface area contributed by atoms with E-state index in [4.69, 9.17) is 4.74 Å². The van der Waals surface area contributed by atoms with Crippen molar-refractivity contribution in [3.63, 3.8) is 0 Å². The molecular formula is C19H20N6O2. The van der Waals surface area contributed by atoms with Gasteiger partial charge in [-0.15, -0.1) is 0 Å². The Balaban J connectivity index is 1.35. The standard InChI is InChI=1S/C19H20N6O2/c26-19(13-24-12-18(22-14-24)25-7-9-27-10-8-25)23-17-5-4-15(11-21-17)16-3-1-2-6-20-16/h1-6,11-12,14H,7-10,13H2,(H,21,23,26). The molecule has 0 atom stereocenters. The van der Waals surface area contributed by atoms with E-state index in [1.165, 1.54) is 0 Å². The molecule has 4 heterocycles. The second kappa shape index (κ2) is 7.96. The zero-order chi connectivity index (χ0) is 18.5. The number of anilines is 2. The van der Waals surface area contributed by atoms with Crippen LogP contribution in [0.3, 0.4) is 0 Å². The van der Waals surface area contributed by atoms with Gasteiger partial charge in [-0.25, -0.2) is 9.97 Å². The summed E-state index contributed by atoms with van der Waals surface area (Å²) in [5.74, 6) is 1.22. The summed E-state index contributed by atoms with van der Waals surface area (Å²) in [5, 5.41) is 2.81. The van der Waals surface area contributed by atoms with Gasteiger partial charge in [0.15, 0.2) is 0 Å². The van der Waals surface area contributed by atoms with Gasteiger partial charge >= 0.3 is 0 Å². The Hall–Kier alpha value is -3.26. The lowest BCUT2D eigenvalue weighted by Crippen LogP contribution is -2.36. The minimum Gasteiger partial charge on any atom is -0.378 e. The average molecular weight is 364 g/mol. The lowest BCUT2D eigenvalue weighted by atomic mass is 10.2. The number of amides is 1. The van der Waals surface area contributed by atoms with Crippen LogP contribution >= 0.6 is 0 Å². The SMILES string of the molecule is O=C(Cn1cnc(N2CCOCC2)c1)Nc1ccc(-c2ccccn2)cn1. The molecule has 1 N–H and O–H groups in total. The summed E-state index contributed by atoms with van der Waals surface area (Å²) < 4.78 is 7.11. The summed E-state index contributed by atoms with van der Waals surface area (Å²) in [7, 11) is 0. The molecule has 3 aromatic heterocycles. The van der Waals surface area contributed by atoms with Crippen LogP contribution in [-0.2, 0) is 16.1 Å². The summed E-state index contributed by atoms with van der Waals surface area (Å²) in [4.78, 5) is 27.4. The number of rotatable bonds is 5. The van der Waals surface area contributed by atoms with Crippen LogP contribution in [0.15, 0.2) is 55.2 Å². The quantitative estimate of drug-likeness (QED) is 0.743. The number of carbonyl (C=O) groups excluding carboxylic acids is 1. The molecule has 0 unspecified atom stereocenters. The van der Waals surface area contributed by atoms with Gasteiger partial charge in [0.2, 0.25) is 5.91 Å². The van der Waals surface area contributed by atoms with Crippen LogP contribution < -0.4 is 10.2 Å². The molecule has 0 aliphatic carbocycles. The fourth-order valence-corrected chi connectivity index (χ4v) is 2.89. The fraction of sp³-hybridized carbons (Fsp3) is 0.263. The highest BCUT2D eigenvalue weighted by molar-refractivity contribution is 5.89. The molecule has 138 valence electrons. The second-order valence-corrected chi connectivity index (χ2v) is 6.20. The Bertz CT molecular complexity index is 888. The summed E-state index contributed by atoms with van der Waals surface area (Å²) >= 11 is 0. The molecule has 1 aliphatic heterocycles. The summed E-state index contributed by atoms with van der Waals surface area (Å²) in [6.45, 7) is 3.22. The fourth-order valence-electron chi connectivity index (χ4n) is 2.89. The number of aromatic nitrogens is 4. The van der Waals surface area contributed by atoms with Gasteiger partial charge in [0, 0.05) is 37.2 Å². The van der Waals surface area contributed by atoms with Crippen molar-refractivity contribution >= 4 is 17.5 Å². The molecule has 4 rings (SSSR count). The number of hydrogen-bond acceptors (Lipinski definition) is 6. The number of hydrogen-bond donors (Lipinski definition) is 1. The van der Waals surface area contributed by atoms with Gasteiger partial charge in [-0.05, 0) is 24.3 Å². The van der Waals surface area contributed by atoms with Gasteiger partial charge in [-0.1, -0.05) is 6.07 Å². The van der Waals surface area contributed by atoms with Crippen LogP contribution in [0.25, 0.3) is 11.3 Å². The molecule has 27 heavy (non-hydrogen) atoms. The van der Waals surface area contributed by atoms with Crippen molar-refractivity contribution in [2.45, 2.75) is 6.54 Å². The van der Waals surface area contributed by atoms with Gasteiger partial charge in [0.05, 0.1) is 25.2 Å². The third-order valence-electron chi connectivity index (χ3n) is 4.27. The first kappa shape index (κ1) is 17.2. The van der Waals surface area contributed by atoms with Crippen LogP contribution in [0.4, 0.5) is 11.6 Å². The first-order chi connectivity index (χ1) is 13.3. The summed E-state index contributed by atoms with van der Waals surface area (Å²) in [5.41, 5.74) is 1.75. The van der Waals surface area contributed by atoms with Gasteiger partial charge in [-0.2, -0.15) is 0 Å². The van der Waals surface area contributed by atoms with Gasteiger partial charge in [0.25, 0.3) is 0 Å². The Labute approximate surface area is 156 Å². The molecule has 0 bridgehead atoms. The zero-order valence-electron chi connectivity index (χ0n) is 14.8. The number of imidazole rings is 1. The Morgan fingerprint density at radius 3 is 2.74 bits per heavy atom. The molecule has 0 saturated carbocycles. The second-order valence-electron chi connectivity index (χ2n) is 6.20. The van der Waals surface area contributed by atoms with E-state index in [1.807, 2.05) is 30.5 Å². The minimum atomic E-state index is -0.154. The molecule has 3 aromatic rings. The molecule has 1 amide bonds. The normalized spacial score (nSPS) is 14.1. The Morgan fingerprint density at radius 2 is 2.00 bits per heavy atom. The van der Waals surface area contributed by atoms with E-state index in [9.17, 15) is 4.79 Å². The predicted molar refractivity (Wildman–Crippen MR) is 101 cm³/mol. The lowest BCUT2D eigenvalue weighted by Gasteiger charge is -2.26. The predicted octanol–water partition coefficient (Wildman–Crippen LogP) is 1.82. The summed E-state index contributed by atoms with van der Waals surface area (Å²) in [6, 6.07) is 9.37. The van der Waals surface area contributed by atoms with Crippen LogP contribution in [0.5, 0.6) is 0 Å². The number of morpholine rings is 1. The largest absolute Gasteiger partial charge is 0.378 e. The highest BCUT2D eigenvalue weighted by Crippen LogP contribution is 2.17. The molecule has 0 aromatic carbocycles. The van der Waals surface area contributed by atoms with E-state index < -0.39 is 0 Å². The van der Waals surface area contributed by atoms with Crippen LogP contribution in [-0.4, -0.2) is 51.7 Å². The minimum absolute atomic E-state index is 0.154. The van der Waals surface area contributed by atoms with E-state index in [-0.39, 0.29) is 12.5 Å². The molecule has 0 spiro atoms. The van der Waals surface area contributed by atoms with Crippen molar-refractivity contribution in [1.29, 1.82) is 0 Å². The van der Waals surface area contributed by atoms with Crippen molar-refractivity contribution < 1.29 is 9.53 Å². The maximum atomic E-state index is 12.3. The van der Waals surface area contributed by atoms with Gasteiger partial charge in [0.1, 0.15) is 18.2 Å².